The summed E-state index contributed by atoms with van der Waals surface area (Å²) in [5, 5.41) is 0. The minimum absolute atomic E-state index is 0.385. The smallest absolute Gasteiger partial charge is 0.0167 e. The number of likely N-dealkylation sites (tertiary alicyclic amines) is 1. The second-order valence-corrected chi connectivity index (χ2v) is 7.20. The predicted octanol–water partition coefficient (Wildman–Crippen LogP) is 3.65. The van der Waals surface area contributed by atoms with Gasteiger partial charge in [0.05, 0.1) is 0 Å². The standard InChI is InChI=1S/C16H34N2/c1-5-6-9-15(17)13-18-11-7-8-14(10-12-18)16(2,3)4/h14-15H,5-13,17H2,1-4H3. The third-order valence-corrected chi connectivity index (χ3v) is 4.47. The normalized spacial score (nSPS) is 24.8. The highest BCUT2D eigenvalue weighted by atomic mass is 15.1. The van der Waals surface area contributed by atoms with Gasteiger partial charge in [-0.3, -0.25) is 0 Å². The SMILES string of the molecule is CCCCC(N)CN1CCCC(C(C)(C)C)CC1. The van der Waals surface area contributed by atoms with Crippen LogP contribution in [-0.2, 0) is 0 Å². The molecule has 1 fully saturated rings. The number of nitrogens with two attached hydrogens (primary N) is 1. The molecule has 2 atom stereocenters. The van der Waals surface area contributed by atoms with Crippen molar-refractivity contribution in [2.24, 2.45) is 17.1 Å². The summed E-state index contributed by atoms with van der Waals surface area (Å²) in [7, 11) is 0. The van der Waals surface area contributed by atoms with E-state index in [9.17, 15) is 0 Å². The number of hydrogen-bond acceptors (Lipinski definition) is 2. The van der Waals surface area contributed by atoms with Gasteiger partial charge >= 0.3 is 0 Å². The highest BCUT2D eigenvalue weighted by molar-refractivity contribution is 4.80. The van der Waals surface area contributed by atoms with Crippen molar-refractivity contribution in [3.8, 4) is 0 Å². The second-order valence-electron chi connectivity index (χ2n) is 7.20. The molecule has 1 saturated heterocycles. The predicted molar refractivity (Wildman–Crippen MR) is 80.7 cm³/mol. The summed E-state index contributed by atoms with van der Waals surface area (Å²) in [6, 6.07) is 0.385. The first-order valence-corrected chi connectivity index (χ1v) is 7.91. The van der Waals surface area contributed by atoms with E-state index in [0.717, 1.165) is 12.5 Å². The van der Waals surface area contributed by atoms with Crippen molar-refractivity contribution in [2.75, 3.05) is 19.6 Å². The monoisotopic (exact) mass is 254 g/mol. The molecule has 0 aromatic heterocycles. The molecule has 1 heterocycles. The molecule has 108 valence electrons. The lowest BCUT2D eigenvalue weighted by atomic mass is 9.77. The Morgan fingerprint density at radius 3 is 2.56 bits per heavy atom. The molecule has 0 aliphatic carbocycles. The molecule has 2 heteroatoms. The van der Waals surface area contributed by atoms with Gasteiger partial charge in [-0.2, -0.15) is 0 Å². The van der Waals surface area contributed by atoms with E-state index in [-0.39, 0.29) is 0 Å². The van der Waals surface area contributed by atoms with Gasteiger partial charge in [-0.05, 0) is 50.1 Å². The fourth-order valence-corrected chi connectivity index (χ4v) is 3.09. The fourth-order valence-electron chi connectivity index (χ4n) is 3.09. The van der Waals surface area contributed by atoms with Gasteiger partial charge < -0.3 is 10.6 Å². The molecule has 0 aromatic rings. The number of hydrogen-bond donors (Lipinski definition) is 1. The summed E-state index contributed by atoms with van der Waals surface area (Å²) < 4.78 is 0. The Hall–Kier alpha value is -0.0800. The summed E-state index contributed by atoms with van der Waals surface area (Å²) in [6.45, 7) is 13.0. The largest absolute Gasteiger partial charge is 0.327 e. The first-order chi connectivity index (χ1) is 8.43. The molecule has 0 radical (unpaired) electrons. The molecule has 18 heavy (non-hydrogen) atoms. The molecule has 0 aromatic carbocycles. The van der Waals surface area contributed by atoms with Crippen LogP contribution in [0.3, 0.4) is 0 Å². The average Bonchev–Trinajstić information content (AvgIpc) is 2.51. The van der Waals surface area contributed by atoms with Crippen LogP contribution in [0, 0.1) is 11.3 Å². The highest BCUT2D eigenvalue weighted by Crippen LogP contribution is 2.34. The lowest BCUT2D eigenvalue weighted by Crippen LogP contribution is -2.38. The van der Waals surface area contributed by atoms with Crippen LogP contribution in [-0.4, -0.2) is 30.6 Å². The van der Waals surface area contributed by atoms with E-state index in [1.54, 1.807) is 0 Å². The van der Waals surface area contributed by atoms with Crippen molar-refractivity contribution in [2.45, 2.75) is 72.3 Å². The van der Waals surface area contributed by atoms with Crippen molar-refractivity contribution >= 4 is 0 Å². The van der Waals surface area contributed by atoms with Gasteiger partial charge in [-0.25, -0.2) is 0 Å². The number of rotatable bonds is 5. The molecule has 2 N–H and O–H groups in total. The van der Waals surface area contributed by atoms with Gasteiger partial charge in [-0.15, -0.1) is 0 Å². The third kappa shape index (κ3) is 5.71. The molecule has 0 spiro atoms. The van der Waals surface area contributed by atoms with E-state index in [0.29, 0.717) is 11.5 Å². The Bertz CT molecular complexity index is 220. The van der Waals surface area contributed by atoms with Gasteiger partial charge in [0, 0.05) is 12.6 Å². The van der Waals surface area contributed by atoms with Crippen molar-refractivity contribution in [1.82, 2.24) is 4.90 Å². The summed E-state index contributed by atoms with van der Waals surface area (Å²) in [5.41, 5.74) is 6.69. The van der Waals surface area contributed by atoms with E-state index in [1.807, 2.05) is 0 Å². The van der Waals surface area contributed by atoms with E-state index < -0.39 is 0 Å². The Balaban J connectivity index is 2.33. The number of unbranched alkanes of at least 4 members (excludes halogenated alkanes) is 1. The quantitative estimate of drug-likeness (QED) is 0.811. The van der Waals surface area contributed by atoms with Crippen LogP contribution < -0.4 is 5.73 Å². The van der Waals surface area contributed by atoms with E-state index in [2.05, 4.69) is 32.6 Å². The Morgan fingerprint density at radius 1 is 1.22 bits per heavy atom. The Labute approximate surface area is 114 Å². The van der Waals surface area contributed by atoms with Crippen LogP contribution in [0.1, 0.15) is 66.2 Å². The molecular formula is C16H34N2. The maximum Gasteiger partial charge on any atom is 0.0167 e. The van der Waals surface area contributed by atoms with Crippen LogP contribution in [0.4, 0.5) is 0 Å². The van der Waals surface area contributed by atoms with Gasteiger partial charge in [-0.1, -0.05) is 40.5 Å². The van der Waals surface area contributed by atoms with Crippen molar-refractivity contribution in [1.29, 1.82) is 0 Å². The van der Waals surface area contributed by atoms with Crippen LogP contribution in [0.5, 0.6) is 0 Å². The molecule has 0 saturated carbocycles. The van der Waals surface area contributed by atoms with E-state index in [4.69, 9.17) is 5.73 Å². The van der Waals surface area contributed by atoms with Gasteiger partial charge in [0.2, 0.25) is 0 Å². The van der Waals surface area contributed by atoms with Crippen LogP contribution in [0.15, 0.2) is 0 Å². The van der Waals surface area contributed by atoms with Crippen LogP contribution >= 0.6 is 0 Å². The molecule has 1 aliphatic heterocycles. The first kappa shape index (κ1) is 16.0. The van der Waals surface area contributed by atoms with Crippen LogP contribution in [0.2, 0.25) is 0 Å². The topological polar surface area (TPSA) is 29.3 Å². The minimum atomic E-state index is 0.385. The van der Waals surface area contributed by atoms with Crippen molar-refractivity contribution in [3.05, 3.63) is 0 Å². The Kier molecular flexibility index (Phi) is 6.65. The van der Waals surface area contributed by atoms with Gasteiger partial charge in [0.15, 0.2) is 0 Å². The maximum absolute atomic E-state index is 6.22. The Morgan fingerprint density at radius 2 is 1.94 bits per heavy atom. The molecule has 2 unspecified atom stereocenters. The second kappa shape index (κ2) is 7.49. The summed E-state index contributed by atoms with van der Waals surface area (Å²) in [5.74, 6) is 0.884. The molecule has 1 rings (SSSR count). The summed E-state index contributed by atoms with van der Waals surface area (Å²) in [6.07, 6.45) is 7.83. The lowest BCUT2D eigenvalue weighted by Gasteiger charge is -2.30. The summed E-state index contributed by atoms with van der Waals surface area (Å²) >= 11 is 0. The maximum atomic E-state index is 6.22. The lowest BCUT2D eigenvalue weighted by molar-refractivity contribution is 0.205. The zero-order valence-electron chi connectivity index (χ0n) is 13.0. The van der Waals surface area contributed by atoms with Crippen molar-refractivity contribution in [3.63, 3.8) is 0 Å². The van der Waals surface area contributed by atoms with E-state index >= 15 is 0 Å². The minimum Gasteiger partial charge on any atom is -0.327 e. The van der Waals surface area contributed by atoms with Crippen LogP contribution in [0.25, 0.3) is 0 Å². The summed E-state index contributed by atoms with van der Waals surface area (Å²) in [4.78, 5) is 2.60. The van der Waals surface area contributed by atoms with Gasteiger partial charge in [0.1, 0.15) is 0 Å². The third-order valence-electron chi connectivity index (χ3n) is 4.47. The number of nitrogens with zero attached hydrogens (tertiary/aromatic N) is 1. The molecule has 0 bridgehead atoms. The highest BCUT2D eigenvalue weighted by Gasteiger charge is 2.27. The van der Waals surface area contributed by atoms with E-state index in [1.165, 1.54) is 51.6 Å². The van der Waals surface area contributed by atoms with Gasteiger partial charge in [0.25, 0.3) is 0 Å². The fraction of sp³-hybridized carbons (Fsp3) is 1.00. The van der Waals surface area contributed by atoms with Crippen molar-refractivity contribution < 1.29 is 0 Å². The average molecular weight is 254 g/mol. The molecule has 1 aliphatic rings. The molecular weight excluding hydrogens is 220 g/mol. The molecule has 2 nitrogen and oxygen atoms in total. The zero-order valence-corrected chi connectivity index (χ0v) is 13.0. The molecule has 0 amide bonds. The first-order valence-electron chi connectivity index (χ1n) is 7.91. The zero-order chi connectivity index (χ0) is 13.6.